The largest absolute Gasteiger partial charge is 0.492 e. The van der Waals surface area contributed by atoms with Crippen LogP contribution in [-0.2, 0) is 0 Å². The van der Waals surface area contributed by atoms with Gasteiger partial charge < -0.3 is 14.6 Å². The Labute approximate surface area is 146 Å². The minimum atomic E-state index is -0.0320. The summed E-state index contributed by atoms with van der Waals surface area (Å²) in [5.41, 5.74) is 1.55. The van der Waals surface area contributed by atoms with E-state index in [9.17, 15) is 4.79 Å². The minimum absolute atomic E-state index is 0.0320. The molecule has 0 aliphatic rings. The molecule has 126 valence electrons. The first-order valence-corrected chi connectivity index (χ1v) is 8.60. The van der Waals surface area contributed by atoms with Crippen molar-refractivity contribution in [1.29, 1.82) is 0 Å². The highest BCUT2D eigenvalue weighted by Gasteiger charge is 2.08. The first-order valence-electron chi connectivity index (χ1n) is 8.22. The number of hydrogen-bond acceptors (Lipinski definition) is 3. The first-order chi connectivity index (χ1) is 11.6. The number of ether oxygens (including phenoxy) is 1. The maximum atomic E-state index is 12.7. The van der Waals surface area contributed by atoms with Crippen molar-refractivity contribution in [2.45, 2.75) is 13.8 Å². The molecule has 5 heteroatoms. The number of halogens is 1. The average Bonchev–Trinajstić information content (AvgIpc) is 2.60. The lowest BCUT2D eigenvalue weighted by Crippen LogP contribution is -2.27. The van der Waals surface area contributed by atoms with Crippen molar-refractivity contribution in [2.24, 2.45) is 0 Å². The van der Waals surface area contributed by atoms with Crippen LogP contribution in [-0.4, -0.2) is 36.1 Å². The number of hydrogen-bond donors (Lipinski definition) is 1. The molecule has 1 heterocycles. The van der Waals surface area contributed by atoms with E-state index in [-0.39, 0.29) is 5.43 Å². The topological polar surface area (TPSA) is 45.3 Å². The van der Waals surface area contributed by atoms with E-state index in [1.807, 2.05) is 18.2 Å². The molecular weight excluding hydrogens is 324 g/mol. The summed E-state index contributed by atoms with van der Waals surface area (Å²) in [7, 11) is 0. The van der Waals surface area contributed by atoms with Gasteiger partial charge in [0.15, 0.2) is 5.43 Å². The van der Waals surface area contributed by atoms with E-state index in [2.05, 4.69) is 23.7 Å². The lowest BCUT2D eigenvalue weighted by molar-refractivity contribution is 0.223. The summed E-state index contributed by atoms with van der Waals surface area (Å²) < 4.78 is 5.82. The molecule has 0 spiro atoms. The van der Waals surface area contributed by atoms with Crippen molar-refractivity contribution in [3.63, 3.8) is 0 Å². The third kappa shape index (κ3) is 3.40. The number of likely N-dealkylation sites (N-methyl/N-ethyl adjacent to an activating group) is 1. The zero-order chi connectivity index (χ0) is 17.1. The van der Waals surface area contributed by atoms with Gasteiger partial charge in [-0.25, -0.2) is 0 Å². The zero-order valence-electron chi connectivity index (χ0n) is 13.9. The van der Waals surface area contributed by atoms with Crippen LogP contribution in [0.5, 0.6) is 5.75 Å². The summed E-state index contributed by atoms with van der Waals surface area (Å²) in [6, 6.07) is 10.9. The van der Waals surface area contributed by atoms with Gasteiger partial charge in [-0.2, -0.15) is 0 Å². The van der Waals surface area contributed by atoms with Crippen molar-refractivity contribution in [2.75, 3.05) is 26.2 Å². The van der Waals surface area contributed by atoms with Gasteiger partial charge in [0, 0.05) is 27.9 Å². The van der Waals surface area contributed by atoms with Crippen LogP contribution in [0.1, 0.15) is 13.8 Å². The average molecular weight is 345 g/mol. The van der Waals surface area contributed by atoms with Crippen LogP contribution in [0, 0.1) is 0 Å². The van der Waals surface area contributed by atoms with Gasteiger partial charge in [0.1, 0.15) is 12.4 Å². The monoisotopic (exact) mass is 344 g/mol. The molecule has 1 N–H and O–H groups in total. The van der Waals surface area contributed by atoms with Crippen LogP contribution in [0.3, 0.4) is 0 Å². The molecule has 0 atom stereocenters. The Hall–Kier alpha value is -2.04. The molecule has 0 aliphatic heterocycles. The van der Waals surface area contributed by atoms with Crippen LogP contribution >= 0.6 is 11.6 Å². The van der Waals surface area contributed by atoms with Gasteiger partial charge in [0.2, 0.25) is 0 Å². The quantitative estimate of drug-likeness (QED) is 0.686. The molecule has 4 nitrogen and oxygen atoms in total. The van der Waals surface area contributed by atoms with Gasteiger partial charge in [-0.1, -0.05) is 25.4 Å². The van der Waals surface area contributed by atoms with Gasteiger partial charge in [-0.05, 0) is 49.5 Å². The van der Waals surface area contributed by atoms with Crippen molar-refractivity contribution >= 4 is 33.4 Å². The summed E-state index contributed by atoms with van der Waals surface area (Å²) in [6.07, 6.45) is 0. The number of benzene rings is 2. The molecule has 0 amide bonds. The van der Waals surface area contributed by atoms with E-state index in [1.54, 1.807) is 18.2 Å². The van der Waals surface area contributed by atoms with Crippen LogP contribution in [0.15, 0.2) is 41.2 Å². The summed E-state index contributed by atoms with van der Waals surface area (Å²) >= 11 is 6.02. The number of aromatic nitrogens is 1. The number of fused-ring (bicyclic) bond motifs is 2. The maximum absolute atomic E-state index is 12.7. The summed E-state index contributed by atoms with van der Waals surface area (Å²) in [6.45, 7) is 7.75. The lowest BCUT2D eigenvalue weighted by atomic mass is 10.1. The second-order valence-corrected chi connectivity index (χ2v) is 6.16. The third-order valence-corrected chi connectivity index (χ3v) is 4.54. The smallest absolute Gasteiger partial charge is 0.197 e. The Morgan fingerprint density at radius 1 is 1.04 bits per heavy atom. The van der Waals surface area contributed by atoms with Crippen molar-refractivity contribution in [3.05, 3.63) is 51.6 Å². The predicted molar refractivity (Wildman–Crippen MR) is 100 cm³/mol. The molecular formula is C19H21ClN2O2. The van der Waals surface area contributed by atoms with Crippen LogP contribution < -0.4 is 10.2 Å². The molecule has 1 aromatic heterocycles. The first kappa shape index (κ1) is 16.8. The molecule has 0 bridgehead atoms. The molecule has 0 saturated heterocycles. The summed E-state index contributed by atoms with van der Waals surface area (Å²) in [4.78, 5) is 18.3. The second-order valence-electron chi connectivity index (χ2n) is 5.73. The molecule has 0 saturated carbocycles. The van der Waals surface area contributed by atoms with Gasteiger partial charge >= 0.3 is 0 Å². The van der Waals surface area contributed by atoms with Gasteiger partial charge in [0.25, 0.3) is 0 Å². The van der Waals surface area contributed by atoms with Gasteiger partial charge in [0.05, 0.1) is 5.52 Å². The van der Waals surface area contributed by atoms with Gasteiger partial charge in [-0.15, -0.1) is 0 Å². The van der Waals surface area contributed by atoms with E-state index < -0.39 is 0 Å². The maximum Gasteiger partial charge on any atom is 0.197 e. The normalized spacial score (nSPS) is 11.5. The molecule has 0 aliphatic carbocycles. The molecule has 0 radical (unpaired) electrons. The van der Waals surface area contributed by atoms with Crippen molar-refractivity contribution in [1.82, 2.24) is 9.88 Å². The summed E-state index contributed by atoms with van der Waals surface area (Å²) in [5, 5.41) is 1.76. The fraction of sp³-hybridized carbons (Fsp3) is 0.316. The number of H-pyrrole nitrogens is 1. The van der Waals surface area contributed by atoms with E-state index in [0.717, 1.165) is 30.7 Å². The van der Waals surface area contributed by atoms with Crippen molar-refractivity contribution in [3.8, 4) is 5.75 Å². The third-order valence-electron chi connectivity index (χ3n) is 4.30. The Morgan fingerprint density at radius 3 is 2.42 bits per heavy atom. The van der Waals surface area contributed by atoms with E-state index in [0.29, 0.717) is 28.2 Å². The van der Waals surface area contributed by atoms with Crippen molar-refractivity contribution < 1.29 is 4.74 Å². The number of rotatable bonds is 6. The van der Waals surface area contributed by atoms with Crippen LogP contribution in [0.4, 0.5) is 0 Å². The SMILES string of the molecule is CCN(CC)CCOc1ccc2[nH]c3ccc(Cl)cc3c(=O)c2c1. The Balaban J connectivity index is 1.91. The Bertz CT molecular complexity index is 916. The van der Waals surface area contributed by atoms with E-state index >= 15 is 0 Å². The molecule has 3 aromatic rings. The molecule has 2 aromatic carbocycles. The second kappa shape index (κ2) is 7.24. The van der Waals surface area contributed by atoms with Crippen LogP contribution in [0.25, 0.3) is 21.8 Å². The minimum Gasteiger partial charge on any atom is -0.492 e. The fourth-order valence-electron chi connectivity index (χ4n) is 2.85. The Morgan fingerprint density at radius 2 is 1.71 bits per heavy atom. The fourth-order valence-corrected chi connectivity index (χ4v) is 3.02. The number of nitrogens with zero attached hydrogens (tertiary/aromatic N) is 1. The highest BCUT2D eigenvalue weighted by molar-refractivity contribution is 6.31. The van der Waals surface area contributed by atoms with E-state index in [4.69, 9.17) is 16.3 Å². The zero-order valence-corrected chi connectivity index (χ0v) is 14.7. The number of pyridine rings is 1. The molecule has 3 rings (SSSR count). The predicted octanol–water partition coefficient (Wildman–Crippen LogP) is 4.06. The lowest BCUT2D eigenvalue weighted by Gasteiger charge is -2.18. The molecule has 0 fully saturated rings. The highest BCUT2D eigenvalue weighted by atomic mass is 35.5. The molecule has 24 heavy (non-hydrogen) atoms. The highest BCUT2D eigenvalue weighted by Crippen LogP contribution is 2.22. The summed E-state index contributed by atoms with van der Waals surface area (Å²) in [5.74, 6) is 0.710. The number of nitrogens with one attached hydrogen (secondary N) is 1. The molecule has 0 unspecified atom stereocenters. The van der Waals surface area contributed by atoms with Gasteiger partial charge in [-0.3, -0.25) is 4.79 Å². The standard InChI is InChI=1S/C19H21ClN2O2/c1-3-22(4-2)9-10-24-14-6-8-18-16(12-14)19(23)15-11-13(20)5-7-17(15)21-18/h5-8,11-12H,3-4,9-10H2,1-2H3,(H,21,23). The van der Waals surface area contributed by atoms with Crippen LogP contribution in [0.2, 0.25) is 5.02 Å². The van der Waals surface area contributed by atoms with E-state index in [1.165, 1.54) is 0 Å². The Kier molecular flexibility index (Phi) is 5.07. The number of aromatic amines is 1.